The number of hydrogen-bond donors (Lipinski definition) is 2. The molecule has 1 spiro atoms. The lowest BCUT2D eigenvalue weighted by Crippen LogP contribution is -2.80. The minimum Gasteiger partial charge on any atom is -0.462 e. The minimum atomic E-state index is -1.81. The number of ether oxygens (including phenoxy) is 4. The molecule has 0 amide bonds. The molecular weight excluding hydrogens is 540 g/mol. The lowest BCUT2D eigenvalue weighted by molar-refractivity contribution is -0.339. The van der Waals surface area contributed by atoms with Crippen LogP contribution in [0.1, 0.15) is 62.9 Å². The van der Waals surface area contributed by atoms with Gasteiger partial charge in [-0.05, 0) is 63.8 Å². The molecular formula is C33H38O9. The first-order valence-electron chi connectivity index (χ1n) is 14.3. The zero-order chi connectivity index (χ0) is 30.3. The van der Waals surface area contributed by atoms with Gasteiger partial charge in [0.2, 0.25) is 0 Å². The fourth-order valence-electron chi connectivity index (χ4n) is 7.46. The Hall–Kier alpha value is -3.53. The van der Waals surface area contributed by atoms with Gasteiger partial charge in [-0.25, -0.2) is 9.59 Å². The number of aliphatic hydroxyl groups excluding tert-OH is 1. The second-order valence-electron chi connectivity index (χ2n) is 12.3. The molecule has 0 unspecified atom stereocenters. The summed E-state index contributed by atoms with van der Waals surface area (Å²) in [5.41, 5.74) is -5.00. The van der Waals surface area contributed by atoms with Crippen LogP contribution in [0.15, 0.2) is 66.7 Å². The van der Waals surface area contributed by atoms with Crippen LogP contribution in [0.3, 0.4) is 0 Å². The Morgan fingerprint density at radius 1 is 0.976 bits per heavy atom. The first-order valence-corrected chi connectivity index (χ1v) is 14.3. The van der Waals surface area contributed by atoms with Crippen LogP contribution in [0.2, 0.25) is 0 Å². The molecule has 0 aromatic heterocycles. The maximum absolute atomic E-state index is 13.5. The minimum absolute atomic E-state index is 0.119. The van der Waals surface area contributed by atoms with Gasteiger partial charge in [-0.1, -0.05) is 48.5 Å². The zero-order valence-electron chi connectivity index (χ0n) is 24.3. The number of benzene rings is 2. The summed E-state index contributed by atoms with van der Waals surface area (Å²) in [4.78, 5) is 39.0. The molecule has 42 heavy (non-hydrogen) atoms. The summed E-state index contributed by atoms with van der Waals surface area (Å²) in [5.74, 6) is -2.48. The van der Waals surface area contributed by atoms with Crippen molar-refractivity contribution in [2.75, 3.05) is 6.61 Å². The SMILES string of the molecule is CC(=O)O[C@H]1CC[C@](C)(O)[C@]23OC(C)(C)[C@H](C[C@H](OC(=O)c4ccccc4)[C@]12COC(=O)/C=C/c1ccccc1)[C@H]3O. The van der Waals surface area contributed by atoms with Gasteiger partial charge in [0.1, 0.15) is 29.8 Å². The van der Waals surface area contributed by atoms with Gasteiger partial charge in [0.15, 0.2) is 0 Å². The van der Waals surface area contributed by atoms with Crippen molar-refractivity contribution in [3.8, 4) is 0 Å². The summed E-state index contributed by atoms with van der Waals surface area (Å²) in [6.07, 6.45) is -0.0376. The molecule has 2 saturated carbocycles. The van der Waals surface area contributed by atoms with Crippen LogP contribution in [0.5, 0.6) is 0 Å². The van der Waals surface area contributed by atoms with Crippen molar-refractivity contribution >= 4 is 24.0 Å². The average molecular weight is 579 g/mol. The molecule has 1 saturated heterocycles. The van der Waals surface area contributed by atoms with Gasteiger partial charge in [0, 0.05) is 18.9 Å². The molecule has 2 aliphatic carbocycles. The number of carbonyl (C=O) groups excluding carboxylic acids is 3. The number of aliphatic hydroxyl groups is 2. The molecule has 9 heteroatoms. The van der Waals surface area contributed by atoms with Crippen molar-refractivity contribution in [3.63, 3.8) is 0 Å². The summed E-state index contributed by atoms with van der Waals surface area (Å²) < 4.78 is 24.6. The van der Waals surface area contributed by atoms with Crippen LogP contribution in [0.25, 0.3) is 6.08 Å². The molecule has 2 bridgehead atoms. The Kier molecular flexibility index (Phi) is 7.81. The monoisotopic (exact) mass is 578 g/mol. The van der Waals surface area contributed by atoms with Gasteiger partial charge in [-0.3, -0.25) is 4.79 Å². The first-order chi connectivity index (χ1) is 19.8. The largest absolute Gasteiger partial charge is 0.462 e. The smallest absolute Gasteiger partial charge is 0.338 e. The van der Waals surface area contributed by atoms with Crippen molar-refractivity contribution in [2.24, 2.45) is 11.3 Å². The number of fused-ring (bicyclic) bond motifs is 1. The van der Waals surface area contributed by atoms with Crippen molar-refractivity contribution in [2.45, 2.75) is 82.1 Å². The fraction of sp³-hybridized carbons (Fsp3) is 0.485. The first kappa shape index (κ1) is 29.9. The topological polar surface area (TPSA) is 129 Å². The highest BCUT2D eigenvalue weighted by atomic mass is 16.6. The van der Waals surface area contributed by atoms with Gasteiger partial charge in [0.05, 0.1) is 22.9 Å². The quantitative estimate of drug-likeness (QED) is 0.286. The lowest BCUT2D eigenvalue weighted by Gasteiger charge is -2.64. The second kappa shape index (κ2) is 10.9. The maximum Gasteiger partial charge on any atom is 0.338 e. The molecule has 2 N–H and O–H groups in total. The van der Waals surface area contributed by atoms with Gasteiger partial charge in [-0.15, -0.1) is 0 Å². The van der Waals surface area contributed by atoms with E-state index in [0.29, 0.717) is 5.56 Å². The van der Waals surface area contributed by atoms with Crippen LogP contribution >= 0.6 is 0 Å². The van der Waals surface area contributed by atoms with Gasteiger partial charge in [0.25, 0.3) is 0 Å². The summed E-state index contributed by atoms with van der Waals surface area (Å²) in [6.45, 7) is 5.98. The standard InChI is InChI=1S/C33H38O9/c1-21(34)40-25-17-18-31(4,38)33-28(36)24(30(2,3)42-33)19-26(41-29(37)23-13-9-6-10-14-23)32(25,33)20-39-27(35)16-15-22-11-7-5-8-12-22/h5-16,24-26,28,36,38H,17-20H2,1-4H3/b16-15+/t24-,25+,26+,28-,31+,32+,33+/m1/s1. The normalized spacial score (nSPS) is 34.8. The molecule has 5 rings (SSSR count). The van der Waals surface area contributed by atoms with Crippen LogP contribution in [0, 0.1) is 11.3 Å². The van der Waals surface area contributed by atoms with Crippen molar-refractivity contribution in [1.29, 1.82) is 0 Å². The van der Waals surface area contributed by atoms with E-state index in [1.165, 1.54) is 13.0 Å². The Balaban J connectivity index is 1.61. The molecule has 7 atom stereocenters. The number of carbonyl (C=O) groups is 3. The summed E-state index contributed by atoms with van der Waals surface area (Å²) in [6, 6.07) is 17.6. The van der Waals surface area contributed by atoms with E-state index in [4.69, 9.17) is 18.9 Å². The fourth-order valence-corrected chi connectivity index (χ4v) is 7.46. The molecule has 2 aromatic rings. The highest BCUT2D eigenvalue weighted by Gasteiger charge is 2.83. The predicted molar refractivity (Wildman–Crippen MR) is 152 cm³/mol. The lowest BCUT2D eigenvalue weighted by atomic mass is 9.47. The number of esters is 3. The van der Waals surface area contributed by atoms with E-state index in [0.717, 1.165) is 5.56 Å². The van der Waals surface area contributed by atoms with Crippen molar-refractivity contribution in [3.05, 3.63) is 77.9 Å². The van der Waals surface area contributed by atoms with Crippen LogP contribution < -0.4 is 0 Å². The highest BCUT2D eigenvalue weighted by molar-refractivity contribution is 5.89. The van der Waals surface area contributed by atoms with Gasteiger partial charge in [-0.2, -0.15) is 0 Å². The van der Waals surface area contributed by atoms with E-state index in [2.05, 4.69) is 0 Å². The third kappa shape index (κ3) is 4.83. The van der Waals surface area contributed by atoms with E-state index in [-0.39, 0.29) is 19.3 Å². The molecule has 3 fully saturated rings. The summed E-state index contributed by atoms with van der Waals surface area (Å²) >= 11 is 0. The molecule has 1 aliphatic heterocycles. The van der Waals surface area contributed by atoms with Crippen molar-refractivity contribution in [1.82, 2.24) is 0 Å². The average Bonchev–Trinajstić information content (AvgIpc) is 3.10. The number of rotatable bonds is 7. The Morgan fingerprint density at radius 2 is 1.62 bits per heavy atom. The summed E-state index contributed by atoms with van der Waals surface area (Å²) in [5, 5.41) is 24.0. The van der Waals surface area contributed by atoms with Crippen LogP contribution in [-0.2, 0) is 28.5 Å². The van der Waals surface area contributed by atoms with E-state index >= 15 is 0 Å². The third-order valence-electron chi connectivity index (χ3n) is 9.35. The van der Waals surface area contributed by atoms with Gasteiger partial charge >= 0.3 is 17.9 Å². The third-order valence-corrected chi connectivity index (χ3v) is 9.35. The second-order valence-corrected chi connectivity index (χ2v) is 12.3. The van der Waals surface area contributed by atoms with Gasteiger partial charge < -0.3 is 29.2 Å². The van der Waals surface area contributed by atoms with E-state index in [9.17, 15) is 24.6 Å². The van der Waals surface area contributed by atoms with E-state index < -0.39 is 71.0 Å². The maximum atomic E-state index is 13.5. The predicted octanol–water partition coefficient (Wildman–Crippen LogP) is 3.86. The van der Waals surface area contributed by atoms with E-state index in [1.54, 1.807) is 43.3 Å². The zero-order valence-corrected chi connectivity index (χ0v) is 24.3. The molecule has 0 radical (unpaired) electrons. The van der Waals surface area contributed by atoms with Crippen LogP contribution in [-0.4, -0.2) is 69.8 Å². The molecule has 224 valence electrons. The Labute approximate surface area is 245 Å². The van der Waals surface area contributed by atoms with Crippen LogP contribution in [0.4, 0.5) is 0 Å². The Morgan fingerprint density at radius 3 is 2.26 bits per heavy atom. The molecule has 1 heterocycles. The van der Waals surface area contributed by atoms with Crippen molar-refractivity contribution < 1.29 is 43.5 Å². The molecule has 3 aliphatic rings. The highest BCUT2D eigenvalue weighted by Crippen LogP contribution is 2.68. The molecule has 9 nitrogen and oxygen atoms in total. The summed E-state index contributed by atoms with van der Waals surface area (Å²) in [7, 11) is 0. The number of hydrogen-bond acceptors (Lipinski definition) is 9. The van der Waals surface area contributed by atoms with E-state index in [1.807, 2.05) is 44.2 Å². The molecule has 2 aromatic carbocycles. The Bertz CT molecular complexity index is 1350.